The lowest BCUT2D eigenvalue weighted by atomic mass is 10.2. The van der Waals surface area contributed by atoms with E-state index in [1.54, 1.807) is 6.07 Å². The number of carbonyl (C=O) groups is 1. The normalized spacial score (nSPS) is 10.3. The van der Waals surface area contributed by atoms with E-state index in [0.29, 0.717) is 5.75 Å². The molecule has 1 amide bonds. The van der Waals surface area contributed by atoms with Crippen molar-refractivity contribution in [1.82, 2.24) is 15.4 Å². The number of aromatic amines is 1. The highest BCUT2D eigenvalue weighted by molar-refractivity contribution is 5.76. The van der Waals surface area contributed by atoms with Crippen LogP contribution in [0.1, 0.15) is 11.4 Å². The fourth-order valence-electron chi connectivity index (χ4n) is 1.61. The van der Waals surface area contributed by atoms with Crippen molar-refractivity contribution in [3.8, 4) is 17.1 Å². The predicted octanol–water partition coefficient (Wildman–Crippen LogP) is 1.06. The Balaban J connectivity index is 2.17. The molecule has 0 aliphatic carbocycles. The zero-order valence-electron chi connectivity index (χ0n) is 10.9. The van der Waals surface area contributed by atoms with Crippen LogP contribution in [0.15, 0.2) is 24.3 Å². The third-order valence-corrected chi connectivity index (χ3v) is 2.77. The first kappa shape index (κ1) is 13.1. The second-order valence-electron chi connectivity index (χ2n) is 4.18. The van der Waals surface area contributed by atoms with Crippen molar-refractivity contribution >= 4 is 5.91 Å². The second kappa shape index (κ2) is 5.53. The molecule has 0 saturated heterocycles. The van der Waals surface area contributed by atoms with E-state index in [0.717, 1.165) is 22.8 Å². The van der Waals surface area contributed by atoms with E-state index < -0.39 is 0 Å². The first-order valence-electron chi connectivity index (χ1n) is 5.86. The Morgan fingerprint density at radius 2 is 2.26 bits per heavy atom. The molecule has 2 aromatic rings. The summed E-state index contributed by atoms with van der Waals surface area (Å²) in [5.74, 6) is 5.97. The van der Waals surface area contributed by atoms with Gasteiger partial charge in [0.25, 0.3) is 5.91 Å². The van der Waals surface area contributed by atoms with Crippen LogP contribution in [0.4, 0.5) is 0 Å². The van der Waals surface area contributed by atoms with Gasteiger partial charge in [0.1, 0.15) is 11.6 Å². The summed E-state index contributed by atoms with van der Waals surface area (Å²) in [4.78, 5) is 18.6. The van der Waals surface area contributed by atoms with Crippen molar-refractivity contribution in [2.75, 3.05) is 6.61 Å². The van der Waals surface area contributed by atoms with Crippen LogP contribution in [0.3, 0.4) is 0 Å². The molecule has 100 valence electrons. The molecule has 0 unspecified atom stereocenters. The van der Waals surface area contributed by atoms with E-state index in [9.17, 15) is 4.79 Å². The zero-order chi connectivity index (χ0) is 13.8. The van der Waals surface area contributed by atoms with Gasteiger partial charge < -0.3 is 9.72 Å². The summed E-state index contributed by atoms with van der Waals surface area (Å²) in [6.07, 6.45) is 0. The molecule has 2 rings (SSSR count). The summed E-state index contributed by atoms with van der Waals surface area (Å²) in [7, 11) is 0. The molecule has 4 N–H and O–H groups in total. The van der Waals surface area contributed by atoms with Gasteiger partial charge in [-0.15, -0.1) is 0 Å². The van der Waals surface area contributed by atoms with Crippen LogP contribution in [0.25, 0.3) is 11.4 Å². The average Bonchev–Trinajstić information content (AvgIpc) is 2.76. The Bertz CT molecular complexity index is 573. The molecule has 0 fully saturated rings. The summed E-state index contributed by atoms with van der Waals surface area (Å²) in [5.41, 5.74) is 4.91. The van der Waals surface area contributed by atoms with Gasteiger partial charge in [-0.1, -0.05) is 12.1 Å². The number of nitrogens with two attached hydrogens (primary N) is 1. The maximum absolute atomic E-state index is 11.0. The molecule has 0 aliphatic heterocycles. The molecule has 0 aliphatic rings. The van der Waals surface area contributed by atoms with Crippen molar-refractivity contribution < 1.29 is 9.53 Å². The zero-order valence-corrected chi connectivity index (χ0v) is 10.9. The molecular formula is C13H16N4O2. The first-order chi connectivity index (χ1) is 9.10. The Morgan fingerprint density at radius 3 is 2.89 bits per heavy atom. The maximum atomic E-state index is 11.0. The molecule has 1 aromatic carbocycles. The van der Waals surface area contributed by atoms with E-state index in [4.69, 9.17) is 10.6 Å². The molecule has 0 bridgehead atoms. The van der Waals surface area contributed by atoms with Crippen molar-refractivity contribution in [3.05, 3.63) is 35.7 Å². The fourth-order valence-corrected chi connectivity index (χ4v) is 1.61. The Kier molecular flexibility index (Phi) is 3.82. The number of rotatable bonds is 4. The average molecular weight is 260 g/mol. The summed E-state index contributed by atoms with van der Waals surface area (Å²) in [5, 5.41) is 0. The number of carbonyl (C=O) groups excluding carboxylic acids is 1. The summed E-state index contributed by atoms with van der Waals surface area (Å²) in [6, 6.07) is 7.36. The minimum Gasteiger partial charge on any atom is -0.484 e. The lowest BCUT2D eigenvalue weighted by Gasteiger charge is -2.06. The minimum absolute atomic E-state index is 0.115. The lowest BCUT2D eigenvalue weighted by molar-refractivity contribution is -0.123. The van der Waals surface area contributed by atoms with Gasteiger partial charge in [-0.05, 0) is 26.0 Å². The number of hydrazine groups is 1. The number of aromatic nitrogens is 2. The quantitative estimate of drug-likeness (QED) is 0.435. The highest BCUT2D eigenvalue weighted by Crippen LogP contribution is 2.22. The van der Waals surface area contributed by atoms with Gasteiger partial charge in [0, 0.05) is 11.3 Å². The minimum atomic E-state index is -0.380. The summed E-state index contributed by atoms with van der Waals surface area (Å²) in [6.45, 7) is 3.80. The van der Waals surface area contributed by atoms with Gasteiger partial charge in [0.05, 0.1) is 5.69 Å². The van der Waals surface area contributed by atoms with Crippen molar-refractivity contribution in [3.63, 3.8) is 0 Å². The van der Waals surface area contributed by atoms with Crippen molar-refractivity contribution in [2.24, 2.45) is 5.84 Å². The third-order valence-electron chi connectivity index (χ3n) is 2.77. The molecule has 19 heavy (non-hydrogen) atoms. The lowest BCUT2D eigenvalue weighted by Crippen LogP contribution is -2.34. The molecule has 0 radical (unpaired) electrons. The fraction of sp³-hybridized carbons (Fsp3) is 0.231. The smallest absolute Gasteiger partial charge is 0.271 e. The number of hydrogen-bond acceptors (Lipinski definition) is 4. The second-order valence-corrected chi connectivity index (χ2v) is 4.18. The predicted molar refractivity (Wildman–Crippen MR) is 71.3 cm³/mol. The van der Waals surface area contributed by atoms with Crippen LogP contribution in [-0.4, -0.2) is 22.5 Å². The molecule has 1 heterocycles. The van der Waals surface area contributed by atoms with Crippen LogP contribution in [0, 0.1) is 13.8 Å². The van der Waals surface area contributed by atoms with Crippen LogP contribution in [0.5, 0.6) is 5.75 Å². The number of aryl methyl sites for hydroxylation is 2. The van der Waals surface area contributed by atoms with E-state index in [1.807, 2.05) is 37.5 Å². The summed E-state index contributed by atoms with van der Waals surface area (Å²) >= 11 is 0. The maximum Gasteiger partial charge on any atom is 0.271 e. The Labute approximate surface area is 111 Å². The van der Waals surface area contributed by atoms with Gasteiger partial charge in [0.15, 0.2) is 6.61 Å². The van der Waals surface area contributed by atoms with Gasteiger partial charge in [-0.2, -0.15) is 0 Å². The molecule has 6 heteroatoms. The highest BCUT2D eigenvalue weighted by atomic mass is 16.5. The van der Waals surface area contributed by atoms with Gasteiger partial charge >= 0.3 is 0 Å². The van der Waals surface area contributed by atoms with E-state index in [1.165, 1.54) is 0 Å². The number of H-pyrrole nitrogens is 1. The van der Waals surface area contributed by atoms with Crippen LogP contribution >= 0.6 is 0 Å². The van der Waals surface area contributed by atoms with E-state index in [2.05, 4.69) is 9.97 Å². The number of imidazole rings is 1. The number of hydrogen-bond donors (Lipinski definition) is 3. The monoisotopic (exact) mass is 260 g/mol. The third kappa shape index (κ3) is 3.11. The van der Waals surface area contributed by atoms with E-state index >= 15 is 0 Å². The molecule has 6 nitrogen and oxygen atoms in total. The van der Waals surface area contributed by atoms with Crippen LogP contribution in [0.2, 0.25) is 0 Å². The molecule has 0 atom stereocenters. The molecule has 0 saturated carbocycles. The first-order valence-corrected chi connectivity index (χ1v) is 5.86. The number of nitrogens with zero attached hydrogens (tertiary/aromatic N) is 1. The Hall–Kier alpha value is -2.34. The number of ether oxygens (including phenoxy) is 1. The van der Waals surface area contributed by atoms with Gasteiger partial charge in [-0.3, -0.25) is 10.2 Å². The number of amides is 1. The number of benzene rings is 1. The standard InChI is InChI=1S/C13H16N4O2/c1-8-9(2)16-13(15-8)10-4-3-5-11(6-10)19-7-12(18)17-14/h3-6H,7,14H2,1-2H3,(H,15,16)(H,17,18). The SMILES string of the molecule is Cc1nc(-c2cccc(OCC(=O)NN)c2)[nH]c1C. The van der Waals surface area contributed by atoms with Crippen molar-refractivity contribution in [2.45, 2.75) is 13.8 Å². The Morgan fingerprint density at radius 1 is 1.47 bits per heavy atom. The number of nitrogens with one attached hydrogen (secondary N) is 2. The van der Waals surface area contributed by atoms with Crippen LogP contribution < -0.4 is 16.0 Å². The van der Waals surface area contributed by atoms with E-state index in [-0.39, 0.29) is 12.5 Å². The largest absolute Gasteiger partial charge is 0.484 e. The van der Waals surface area contributed by atoms with Gasteiger partial charge in [-0.25, -0.2) is 10.8 Å². The van der Waals surface area contributed by atoms with Crippen molar-refractivity contribution in [1.29, 1.82) is 0 Å². The van der Waals surface area contributed by atoms with Crippen LogP contribution in [-0.2, 0) is 4.79 Å². The van der Waals surface area contributed by atoms with Gasteiger partial charge in [0.2, 0.25) is 0 Å². The molecule has 0 spiro atoms. The topological polar surface area (TPSA) is 93.0 Å². The summed E-state index contributed by atoms with van der Waals surface area (Å²) < 4.78 is 5.32. The highest BCUT2D eigenvalue weighted by Gasteiger charge is 2.07. The molecular weight excluding hydrogens is 244 g/mol. The molecule has 1 aromatic heterocycles.